The number of rotatable bonds is 1. The predicted octanol–water partition coefficient (Wildman–Crippen LogP) is 2.03. The van der Waals surface area contributed by atoms with Gasteiger partial charge in [-0.1, -0.05) is 0 Å². The van der Waals surface area contributed by atoms with Crippen LogP contribution in [0.15, 0.2) is 18.3 Å². The van der Waals surface area contributed by atoms with Gasteiger partial charge in [-0.3, -0.25) is 4.79 Å². The molecule has 2 rings (SSSR count). The minimum absolute atomic E-state index is 0.0678. The predicted molar refractivity (Wildman–Crippen MR) is 63.6 cm³/mol. The quantitative estimate of drug-likeness (QED) is 0.450. The van der Waals surface area contributed by atoms with Gasteiger partial charge in [0.15, 0.2) is 0 Å². The van der Waals surface area contributed by atoms with E-state index in [2.05, 4.69) is 27.6 Å². The molecule has 1 fully saturated rings. The van der Waals surface area contributed by atoms with Gasteiger partial charge >= 0.3 is 0 Å². The fourth-order valence-electron chi connectivity index (χ4n) is 1.44. The maximum Gasteiger partial charge on any atom is 0.228 e. The van der Waals surface area contributed by atoms with Gasteiger partial charge < -0.3 is 4.90 Å². The second-order valence-electron chi connectivity index (χ2n) is 3.14. The molecule has 1 aliphatic rings. The molecule has 0 bridgehead atoms. The number of anilines is 1. The van der Waals surface area contributed by atoms with Gasteiger partial charge in [-0.05, 0) is 34.7 Å². The fourth-order valence-corrected chi connectivity index (χ4v) is 2.03. The van der Waals surface area contributed by atoms with Gasteiger partial charge in [0.25, 0.3) is 0 Å². The topological polar surface area (TPSA) is 33.2 Å². The summed E-state index contributed by atoms with van der Waals surface area (Å²) in [5.41, 5.74) is 0.832. The lowest BCUT2D eigenvalue weighted by Gasteiger charge is -2.14. The molecular formula is C9H8ClIN2O. The molecular weight excluding hydrogens is 314 g/mol. The van der Waals surface area contributed by atoms with Gasteiger partial charge in [0.05, 0.1) is 17.3 Å². The van der Waals surface area contributed by atoms with Gasteiger partial charge in [0, 0.05) is 13.0 Å². The standard InChI is InChI=1S/C9H8ClIN2O/c10-6-3-9(14)13(5-6)7-1-2-8(11)12-4-7/h1-2,4,6H,3,5H2. The van der Waals surface area contributed by atoms with Crippen molar-refractivity contribution in [1.82, 2.24) is 4.98 Å². The Labute approximate surface area is 101 Å². The van der Waals surface area contributed by atoms with E-state index in [0.29, 0.717) is 13.0 Å². The minimum Gasteiger partial charge on any atom is -0.309 e. The summed E-state index contributed by atoms with van der Waals surface area (Å²) in [6, 6.07) is 3.77. The molecule has 0 aliphatic carbocycles. The van der Waals surface area contributed by atoms with Crippen molar-refractivity contribution in [2.45, 2.75) is 11.8 Å². The summed E-state index contributed by atoms with van der Waals surface area (Å²) in [6.45, 7) is 0.586. The molecule has 1 amide bonds. The molecule has 1 aliphatic heterocycles. The zero-order valence-electron chi connectivity index (χ0n) is 7.28. The average molecular weight is 323 g/mol. The van der Waals surface area contributed by atoms with E-state index < -0.39 is 0 Å². The Bertz CT molecular complexity index is 354. The van der Waals surface area contributed by atoms with Crippen molar-refractivity contribution in [3.8, 4) is 0 Å². The zero-order valence-corrected chi connectivity index (χ0v) is 10.2. The molecule has 1 atom stereocenters. The number of aromatic nitrogens is 1. The smallest absolute Gasteiger partial charge is 0.228 e. The maximum atomic E-state index is 11.5. The number of carbonyl (C=O) groups excluding carboxylic acids is 1. The number of alkyl halides is 1. The van der Waals surface area contributed by atoms with Crippen LogP contribution in [0.3, 0.4) is 0 Å². The lowest BCUT2D eigenvalue weighted by atomic mass is 10.4. The third-order valence-electron chi connectivity index (χ3n) is 2.10. The number of carbonyl (C=O) groups is 1. The van der Waals surface area contributed by atoms with Crippen LogP contribution in [0.5, 0.6) is 0 Å². The van der Waals surface area contributed by atoms with E-state index in [1.165, 1.54) is 0 Å². The van der Waals surface area contributed by atoms with Crippen molar-refractivity contribution in [3.05, 3.63) is 22.0 Å². The highest BCUT2D eigenvalue weighted by Gasteiger charge is 2.29. The average Bonchev–Trinajstić information content (AvgIpc) is 2.47. The molecule has 74 valence electrons. The Balaban J connectivity index is 2.23. The molecule has 3 nitrogen and oxygen atoms in total. The minimum atomic E-state index is -0.0678. The number of amides is 1. The number of halogens is 2. The van der Waals surface area contributed by atoms with Gasteiger partial charge in [-0.2, -0.15) is 0 Å². The summed E-state index contributed by atoms with van der Waals surface area (Å²) in [6.07, 6.45) is 2.13. The molecule has 0 aromatic carbocycles. The largest absolute Gasteiger partial charge is 0.309 e. The number of pyridine rings is 1. The van der Waals surface area contributed by atoms with Crippen molar-refractivity contribution in [2.24, 2.45) is 0 Å². The van der Waals surface area contributed by atoms with Crippen molar-refractivity contribution >= 4 is 45.8 Å². The van der Waals surface area contributed by atoms with E-state index in [1.807, 2.05) is 12.1 Å². The maximum absolute atomic E-state index is 11.5. The lowest BCUT2D eigenvalue weighted by molar-refractivity contribution is -0.117. The van der Waals surface area contributed by atoms with Crippen LogP contribution in [0, 0.1) is 3.70 Å². The normalized spacial score (nSPS) is 21.7. The summed E-state index contributed by atoms with van der Waals surface area (Å²) in [7, 11) is 0. The Morgan fingerprint density at radius 3 is 2.86 bits per heavy atom. The second kappa shape index (κ2) is 4.02. The van der Waals surface area contributed by atoms with E-state index in [-0.39, 0.29) is 11.3 Å². The monoisotopic (exact) mass is 322 g/mol. The van der Waals surface area contributed by atoms with Crippen LogP contribution in [0.4, 0.5) is 5.69 Å². The molecule has 0 saturated carbocycles. The first-order chi connectivity index (χ1) is 6.66. The number of nitrogens with zero attached hydrogens (tertiary/aromatic N) is 2. The lowest BCUT2D eigenvalue weighted by Crippen LogP contribution is -2.24. The van der Waals surface area contributed by atoms with Gasteiger partial charge in [-0.25, -0.2) is 4.98 Å². The van der Waals surface area contributed by atoms with E-state index >= 15 is 0 Å². The van der Waals surface area contributed by atoms with Gasteiger partial charge in [0.2, 0.25) is 5.91 Å². The van der Waals surface area contributed by atoms with Crippen LogP contribution < -0.4 is 4.90 Å². The first-order valence-corrected chi connectivity index (χ1v) is 5.74. The van der Waals surface area contributed by atoms with Crippen LogP contribution in [0.1, 0.15) is 6.42 Å². The number of hydrogen-bond donors (Lipinski definition) is 0. The van der Waals surface area contributed by atoms with Crippen molar-refractivity contribution in [2.75, 3.05) is 11.4 Å². The van der Waals surface area contributed by atoms with Crippen LogP contribution in [-0.2, 0) is 4.79 Å². The van der Waals surface area contributed by atoms with Crippen LogP contribution in [-0.4, -0.2) is 22.8 Å². The van der Waals surface area contributed by atoms with E-state index in [0.717, 1.165) is 9.39 Å². The molecule has 5 heteroatoms. The highest BCUT2D eigenvalue weighted by molar-refractivity contribution is 14.1. The SMILES string of the molecule is O=C1CC(Cl)CN1c1ccc(I)nc1. The first kappa shape index (κ1) is 10.2. The summed E-state index contributed by atoms with van der Waals surface area (Å²) >= 11 is 8.03. The van der Waals surface area contributed by atoms with Crippen LogP contribution in [0.2, 0.25) is 0 Å². The third-order valence-corrected chi connectivity index (χ3v) is 3.03. The summed E-state index contributed by atoms with van der Waals surface area (Å²) < 4.78 is 0.917. The number of hydrogen-bond acceptors (Lipinski definition) is 2. The van der Waals surface area contributed by atoms with Gasteiger partial charge in [-0.15, -0.1) is 11.6 Å². The molecule has 1 saturated heterocycles. The molecule has 14 heavy (non-hydrogen) atoms. The molecule has 0 N–H and O–H groups in total. The Morgan fingerprint density at radius 1 is 1.57 bits per heavy atom. The third kappa shape index (κ3) is 2.00. The summed E-state index contributed by atoms with van der Waals surface area (Å²) in [5.74, 6) is 0.0769. The second-order valence-corrected chi connectivity index (χ2v) is 4.87. The fraction of sp³-hybridized carbons (Fsp3) is 0.333. The van der Waals surface area contributed by atoms with E-state index in [1.54, 1.807) is 11.1 Å². The van der Waals surface area contributed by atoms with Crippen molar-refractivity contribution in [1.29, 1.82) is 0 Å². The summed E-state index contributed by atoms with van der Waals surface area (Å²) in [5, 5.41) is -0.0678. The molecule has 0 radical (unpaired) electrons. The highest BCUT2D eigenvalue weighted by Crippen LogP contribution is 2.23. The van der Waals surface area contributed by atoms with Crippen molar-refractivity contribution < 1.29 is 4.79 Å². The molecule has 0 spiro atoms. The van der Waals surface area contributed by atoms with Crippen LogP contribution >= 0.6 is 34.2 Å². The zero-order chi connectivity index (χ0) is 10.1. The van der Waals surface area contributed by atoms with E-state index in [4.69, 9.17) is 11.6 Å². The molecule has 1 unspecified atom stereocenters. The first-order valence-electron chi connectivity index (χ1n) is 4.23. The Morgan fingerprint density at radius 2 is 2.36 bits per heavy atom. The molecule has 2 heterocycles. The summed E-state index contributed by atoms with van der Waals surface area (Å²) in [4.78, 5) is 17.3. The Kier molecular flexibility index (Phi) is 2.92. The van der Waals surface area contributed by atoms with Crippen molar-refractivity contribution in [3.63, 3.8) is 0 Å². The van der Waals surface area contributed by atoms with Crippen LogP contribution in [0.25, 0.3) is 0 Å². The highest BCUT2D eigenvalue weighted by atomic mass is 127. The molecule has 1 aromatic heterocycles. The van der Waals surface area contributed by atoms with E-state index in [9.17, 15) is 4.79 Å². The molecule has 1 aromatic rings. The van der Waals surface area contributed by atoms with Gasteiger partial charge in [0.1, 0.15) is 3.70 Å². The Hall–Kier alpha value is -0.360.